The van der Waals surface area contributed by atoms with E-state index in [0.29, 0.717) is 37.7 Å². The first-order valence-corrected chi connectivity index (χ1v) is 9.02. The number of hydrogen-bond donors (Lipinski definition) is 1. The van der Waals surface area contributed by atoms with Gasteiger partial charge in [0.1, 0.15) is 0 Å². The van der Waals surface area contributed by atoms with Gasteiger partial charge < -0.3 is 14.8 Å². The minimum atomic E-state index is -0.0610. The maximum Gasteiger partial charge on any atom is 0.238 e. The molecule has 1 N–H and O–H groups in total. The molecular weight excluding hydrogens is 384 g/mol. The quantitative estimate of drug-likeness (QED) is 0.825. The third-order valence-electron chi connectivity index (χ3n) is 3.81. The summed E-state index contributed by atoms with van der Waals surface area (Å²) in [5, 5.41) is 2.91. The van der Waals surface area contributed by atoms with Gasteiger partial charge in [-0.2, -0.15) is 0 Å². The highest BCUT2D eigenvalue weighted by Crippen LogP contribution is 2.32. The highest BCUT2D eigenvalue weighted by atomic mass is 79.9. The Bertz CT molecular complexity index is 734. The van der Waals surface area contributed by atoms with Crippen LogP contribution in [0.5, 0.6) is 11.5 Å². The van der Waals surface area contributed by atoms with Crippen molar-refractivity contribution in [2.75, 3.05) is 32.1 Å². The standard InChI is InChI=1S/C19H21BrN2O3/c1-22(12-14-3-5-15(20)6-4-14)13-19(23)21-16-7-8-17-18(11-16)25-10-2-9-24-17/h3-8,11H,2,9-10,12-13H2,1H3,(H,21,23). The zero-order chi connectivity index (χ0) is 17.6. The number of halogens is 1. The lowest BCUT2D eigenvalue weighted by Crippen LogP contribution is -2.29. The predicted molar refractivity (Wildman–Crippen MR) is 101 cm³/mol. The molecule has 1 amide bonds. The highest BCUT2D eigenvalue weighted by Gasteiger charge is 2.13. The summed E-state index contributed by atoms with van der Waals surface area (Å²) >= 11 is 3.42. The van der Waals surface area contributed by atoms with Gasteiger partial charge in [0, 0.05) is 29.2 Å². The minimum absolute atomic E-state index is 0.0610. The molecule has 0 radical (unpaired) electrons. The van der Waals surface area contributed by atoms with Gasteiger partial charge >= 0.3 is 0 Å². The fourth-order valence-corrected chi connectivity index (χ4v) is 2.91. The van der Waals surface area contributed by atoms with E-state index in [4.69, 9.17) is 9.47 Å². The second-order valence-electron chi connectivity index (χ2n) is 6.06. The van der Waals surface area contributed by atoms with Gasteiger partial charge in [0.15, 0.2) is 11.5 Å². The third kappa shape index (κ3) is 5.21. The molecule has 2 aromatic carbocycles. The largest absolute Gasteiger partial charge is 0.490 e. The molecule has 0 aliphatic carbocycles. The van der Waals surface area contributed by atoms with Crippen molar-refractivity contribution in [3.05, 3.63) is 52.5 Å². The summed E-state index contributed by atoms with van der Waals surface area (Å²) in [6.45, 7) is 2.30. The number of ether oxygens (including phenoxy) is 2. The molecule has 0 saturated carbocycles. The van der Waals surface area contributed by atoms with Crippen LogP contribution in [-0.2, 0) is 11.3 Å². The van der Waals surface area contributed by atoms with Crippen molar-refractivity contribution in [3.63, 3.8) is 0 Å². The molecule has 132 valence electrons. The van der Waals surface area contributed by atoms with Gasteiger partial charge in [0.2, 0.25) is 5.91 Å². The van der Waals surface area contributed by atoms with E-state index in [1.54, 1.807) is 0 Å². The van der Waals surface area contributed by atoms with E-state index in [-0.39, 0.29) is 5.91 Å². The zero-order valence-electron chi connectivity index (χ0n) is 14.1. The minimum Gasteiger partial charge on any atom is -0.490 e. The molecule has 0 fully saturated rings. The Hall–Kier alpha value is -2.05. The molecule has 5 nitrogen and oxygen atoms in total. The number of carbonyl (C=O) groups is 1. The number of likely N-dealkylation sites (N-methyl/N-ethyl adjacent to an activating group) is 1. The zero-order valence-corrected chi connectivity index (χ0v) is 15.7. The molecule has 3 rings (SSSR count). The van der Waals surface area contributed by atoms with Crippen LogP contribution in [0.1, 0.15) is 12.0 Å². The second-order valence-corrected chi connectivity index (χ2v) is 6.97. The summed E-state index contributed by atoms with van der Waals surface area (Å²) in [5.74, 6) is 1.34. The van der Waals surface area contributed by atoms with Crippen molar-refractivity contribution in [1.29, 1.82) is 0 Å². The number of anilines is 1. The highest BCUT2D eigenvalue weighted by molar-refractivity contribution is 9.10. The van der Waals surface area contributed by atoms with E-state index in [2.05, 4.69) is 21.2 Å². The monoisotopic (exact) mass is 404 g/mol. The molecule has 0 spiro atoms. The van der Waals surface area contributed by atoms with Crippen LogP contribution in [0.3, 0.4) is 0 Å². The molecule has 25 heavy (non-hydrogen) atoms. The first-order chi connectivity index (χ1) is 12.1. The molecule has 0 bridgehead atoms. The topological polar surface area (TPSA) is 50.8 Å². The van der Waals surface area contributed by atoms with E-state index >= 15 is 0 Å². The maximum absolute atomic E-state index is 12.3. The summed E-state index contributed by atoms with van der Waals surface area (Å²) in [4.78, 5) is 14.2. The number of carbonyl (C=O) groups excluding carboxylic acids is 1. The lowest BCUT2D eigenvalue weighted by Gasteiger charge is -2.17. The average molecular weight is 405 g/mol. The van der Waals surface area contributed by atoms with E-state index < -0.39 is 0 Å². The summed E-state index contributed by atoms with van der Waals surface area (Å²) in [6.07, 6.45) is 0.858. The van der Waals surface area contributed by atoms with Crippen molar-refractivity contribution >= 4 is 27.5 Å². The number of fused-ring (bicyclic) bond motifs is 1. The van der Waals surface area contributed by atoms with Crippen molar-refractivity contribution in [2.24, 2.45) is 0 Å². The maximum atomic E-state index is 12.3. The molecule has 1 aliphatic heterocycles. The number of hydrogen-bond acceptors (Lipinski definition) is 4. The summed E-state index contributed by atoms with van der Waals surface area (Å²) in [7, 11) is 1.93. The number of benzene rings is 2. The number of nitrogens with zero attached hydrogens (tertiary/aromatic N) is 1. The smallest absolute Gasteiger partial charge is 0.238 e. The van der Waals surface area contributed by atoms with Gasteiger partial charge in [-0.1, -0.05) is 28.1 Å². The summed E-state index contributed by atoms with van der Waals surface area (Å²) in [5.41, 5.74) is 1.88. The molecule has 0 atom stereocenters. The fraction of sp³-hybridized carbons (Fsp3) is 0.316. The third-order valence-corrected chi connectivity index (χ3v) is 4.34. The SMILES string of the molecule is CN(CC(=O)Nc1ccc2c(c1)OCCCO2)Cc1ccc(Br)cc1. The molecule has 0 aromatic heterocycles. The predicted octanol–water partition coefficient (Wildman–Crippen LogP) is 3.68. The lowest BCUT2D eigenvalue weighted by molar-refractivity contribution is -0.117. The number of amides is 1. The number of rotatable bonds is 5. The fourth-order valence-electron chi connectivity index (χ4n) is 2.64. The molecule has 0 unspecified atom stereocenters. The lowest BCUT2D eigenvalue weighted by atomic mass is 10.2. The van der Waals surface area contributed by atoms with Gasteiger partial charge in [-0.15, -0.1) is 0 Å². The van der Waals surface area contributed by atoms with E-state index in [1.807, 2.05) is 54.4 Å². The molecule has 6 heteroatoms. The van der Waals surface area contributed by atoms with Crippen molar-refractivity contribution in [2.45, 2.75) is 13.0 Å². The van der Waals surface area contributed by atoms with Crippen molar-refractivity contribution < 1.29 is 14.3 Å². The molecular formula is C19H21BrN2O3. The molecule has 1 heterocycles. The van der Waals surface area contributed by atoms with E-state index in [1.165, 1.54) is 0 Å². The summed E-state index contributed by atoms with van der Waals surface area (Å²) < 4.78 is 12.3. The van der Waals surface area contributed by atoms with Gasteiger partial charge in [0.05, 0.1) is 19.8 Å². The Balaban J connectivity index is 1.55. The Labute approximate surface area is 156 Å². The van der Waals surface area contributed by atoms with Crippen molar-refractivity contribution in [1.82, 2.24) is 4.90 Å². The Morgan fingerprint density at radius 2 is 1.84 bits per heavy atom. The van der Waals surface area contributed by atoms with Crippen molar-refractivity contribution in [3.8, 4) is 11.5 Å². The van der Waals surface area contributed by atoms with Crippen LogP contribution in [0.15, 0.2) is 46.9 Å². The van der Waals surface area contributed by atoms with Gasteiger partial charge in [-0.05, 0) is 36.9 Å². The van der Waals surface area contributed by atoms with Crippen LogP contribution in [0.2, 0.25) is 0 Å². The normalized spacial score (nSPS) is 13.4. The molecule has 0 saturated heterocycles. The summed E-state index contributed by atoms with van der Waals surface area (Å²) in [6, 6.07) is 13.6. The first kappa shape index (κ1) is 17.8. The van der Waals surface area contributed by atoms with E-state index in [9.17, 15) is 4.79 Å². The van der Waals surface area contributed by atoms with Gasteiger partial charge in [0.25, 0.3) is 0 Å². The second kappa shape index (κ2) is 8.36. The Morgan fingerprint density at radius 1 is 1.12 bits per heavy atom. The van der Waals surface area contributed by atoms with E-state index in [0.717, 1.165) is 22.2 Å². The van der Waals surface area contributed by atoms with Crippen LogP contribution in [0.4, 0.5) is 5.69 Å². The average Bonchev–Trinajstić information content (AvgIpc) is 2.81. The first-order valence-electron chi connectivity index (χ1n) is 8.22. The number of nitrogens with one attached hydrogen (secondary N) is 1. The Kier molecular flexibility index (Phi) is 5.94. The van der Waals surface area contributed by atoms with Gasteiger partial charge in [-0.25, -0.2) is 0 Å². The Morgan fingerprint density at radius 3 is 2.60 bits per heavy atom. The molecule has 1 aliphatic rings. The van der Waals surface area contributed by atoms with Crippen LogP contribution in [0.25, 0.3) is 0 Å². The van der Waals surface area contributed by atoms with Crippen LogP contribution < -0.4 is 14.8 Å². The molecule has 2 aromatic rings. The van der Waals surface area contributed by atoms with Gasteiger partial charge in [-0.3, -0.25) is 9.69 Å². The van der Waals surface area contributed by atoms with Crippen LogP contribution >= 0.6 is 15.9 Å². The van der Waals surface area contributed by atoms with Crippen LogP contribution in [0, 0.1) is 0 Å². The van der Waals surface area contributed by atoms with Crippen LogP contribution in [-0.4, -0.2) is 37.6 Å².